The summed E-state index contributed by atoms with van der Waals surface area (Å²) in [6.07, 6.45) is 0.346. The van der Waals surface area contributed by atoms with Crippen LogP contribution in [-0.4, -0.2) is 5.78 Å². The first kappa shape index (κ1) is 13.6. The van der Waals surface area contributed by atoms with Gasteiger partial charge in [-0.05, 0) is 58.8 Å². The van der Waals surface area contributed by atoms with Crippen LogP contribution in [0.1, 0.15) is 21.5 Å². The van der Waals surface area contributed by atoms with Crippen LogP contribution in [0.4, 0.5) is 0 Å². The number of aryl methyl sites for hydroxylation is 1. The Morgan fingerprint density at radius 2 is 2.00 bits per heavy atom. The van der Waals surface area contributed by atoms with E-state index in [4.69, 9.17) is 11.6 Å². The molecule has 0 fully saturated rings. The molecule has 1 nitrogen and oxygen atoms in total. The Morgan fingerprint density at radius 3 is 2.67 bits per heavy atom. The molecule has 2 rings (SSSR count). The Hall–Kier alpha value is -0.870. The van der Waals surface area contributed by atoms with E-state index < -0.39 is 0 Å². The van der Waals surface area contributed by atoms with Crippen LogP contribution < -0.4 is 0 Å². The third-order valence-electron chi connectivity index (χ3n) is 2.71. The molecular formula is C15H12ClIO. The maximum atomic E-state index is 12.1. The summed E-state index contributed by atoms with van der Waals surface area (Å²) in [5, 5.41) is 0.661. The van der Waals surface area contributed by atoms with E-state index in [1.807, 2.05) is 49.4 Å². The Kier molecular flexibility index (Phi) is 4.40. The third-order valence-corrected chi connectivity index (χ3v) is 3.73. The zero-order valence-electron chi connectivity index (χ0n) is 9.91. The van der Waals surface area contributed by atoms with Gasteiger partial charge in [0.2, 0.25) is 0 Å². The molecular weight excluding hydrogens is 359 g/mol. The fourth-order valence-corrected chi connectivity index (χ4v) is 2.58. The summed E-state index contributed by atoms with van der Waals surface area (Å²) >= 11 is 8.34. The molecule has 0 amide bonds. The minimum atomic E-state index is 0.0965. The van der Waals surface area contributed by atoms with Gasteiger partial charge >= 0.3 is 0 Å². The highest BCUT2D eigenvalue weighted by atomic mass is 127. The van der Waals surface area contributed by atoms with Crippen molar-refractivity contribution in [3.63, 3.8) is 0 Å². The molecule has 0 atom stereocenters. The number of halogens is 2. The molecule has 2 aromatic rings. The Bertz CT molecular complexity index is 593. The van der Waals surface area contributed by atoms with E-state index in [0.29, 0.717) is 11.4 Å². The van der Waals surface area contributed by atoms with Gasteiger partial charge in [-0.2, -0.15) is 0 Å². The summed E-state index contributed by atoms with van der Waals surface area (Å²) in [6, 6.07) is 13.4. The molecule has 0 radical (unpaired) electrons. The third kappa shape index (κ3) is 3.33. The largest absolute Gasteiger partial charge is 0.294 e. The Balaban J connectivity index is 2.21. The van der Waals surface area contributed by atoms with Crippen LogP contribution in [0.5, 0.6) is 0 Å². The van der Waals surface area contributed by atoms with E-state index >= 15 is 0 Å². The summed E-state index contributed by atoms with van der Waals surface area (Å²) in [6.45, 7) is 1.98. The van der Waals surface area contributed by atoms with E-state index in [9.17, 15) is 4.79 Å². The SMILES string of the molecule is Cc1ccc(CC(=O)c2cccc(I)c2)c(Cl)c1. The first-order valence-electron chi connectivity index (χ1n) is 5.60. The van der Waals surface area contributed by atoms with Crippen LogP contribution >= 0.6 is 34.2 Å². The topological polar surface area (TPSA) is 17.1 Å². The Labute approximate surface area is 125 Å². The molecule has 0 bridgehead atoms. The van der Waals surface area contributed by atoms with Crippen molar-refractivity contribution < 1.29 is 4.79 Å². The molecule has 0 N–H and O–H groups in total. The zero-order valence-corrected chi connectivity index (χ0v) is 12.8. The molecule has 18 heavy (non-hydrogen) atoms. The van der Waals surface area contributed by atoms with Gasteiger partial charge in [0, 0.05) is 20.6 Å². The highest BCUT2D eigenvalue weighted by Gasteiger charge is 2.10. The van der Waals surface area contributed by atoms with Crippen molar-refractivity contribution in [2.24, 2.45) is 0 Å². The second kappa shape index (κ2) is 5.85. The quantitative estimate of drug-likeness (QED) is 0.566. The van der Waals surface area contributed by atoms with E-state index in [1.165, 1.54) is 0 Å². The van der Waals surface area contributed by atoms with Crippen molar-refractivity contribution in [3.05, 3.63) is 67.7 Å². The van der Waals surface area contributed by atoms with E-state index in [-0.39, 0.29) is 5.78 Å². The highest BCUT2D eigenvalue weighted by Crippen LogP contribution is 2.20. The lowest BCUT2D eigenvalue weighted by molar-refractivity contribution is 0.0993. The van der Waals surface area contributed by atoms with Crippen molar-refractivity contribution >= 4 is 40.0 Å². The molecule has 0 spiro atoms. The Morgan fingerprint density at radius 1 is 1.22 bits per heavy atom. The van der Waals surface area contributed by atoms with Gasteiger partial charge in [0.05, 0.1) is 0 Å². The van der Waals surface area contributed by atoms with Gasteiger partial charge in [0.25, 0.3) is 0 Å². The maximum absolute atomic E-state index is 12.1. The number of hydrogen-bond donors (Lipinski definition) is 0. The van der Waals surface area contributed by atoms with Crippen LogP contribution in [-0.2, 0) is 6.42 Å². The van der Waals surface area contributed by atoms with Crippen molar-refractivity contribution in [3.8, 4) is 0 Å². The van der Waals surface area contributed by atoms with Gasteiger partial charge < -0.3 is 0 Å². The molecule has 0 heterocycles. The van der Waals surface area contributed by atoms with Gasteiger partial charge in [-0.25, -0.2) is 0 Å². The molecule has 92 valence electrons. The fraction of sp³-hybridized carbons (Fsp3) is 0.133. The molecule has 0 unspecified atom stereocenters. The van der Waals surface area contributed by atoms with Gasteiger partial charge in [0.1, 0.15) is 0 Å². The lowest BCUT2D eigenvalue weighted by Gasteiger charge is -2.05. The van der Waals surface area contributed by atoms with Crippen molar-refractivity contribution in [2.75, 3.05) is 0 Å². The molecule has 0 saturated heterocycles. The molecule has 0 aromatic heterocycles. The fourth-order valence-electron chi connectivity index (χ4n) is 1.73. The number of Topliss-reactive ketones (excluding diaryl/α,β-unsaturated/α-hetero) is 1. The summed E-state index contributed by atoms with van der Waals surface area (Å²) in [7, 11) is 0. The number of carbonyl (C=O) groups is 1. The molecule has 3 heteroatoms. The molecule has 0 aliphatic heterocycles. The number of carbonyl (C=O) groups excluding carboxylic acids is 1. The second-order valence-corrected chi connectivity index (χ2v) is 5.86. The van der Waals surface area contributed by atoms with Gasteiger partial charge in [-0.15, -0.1) is 0 Å². The molecule has 0 aliphatic rings. The maximum Gasteiger partial charge on any atom is 0.167 e. The summed E-state index contributed by atoms with van der Waals surface area (Å²) in [5.41, 5.74) is 2.72. The van der Waals surface area contributed by atoms with Crippen LogP contribution in [0.3, 0.4) is 0 Å². The van der Waals surface area contributed by atoms with E-state index in [2.05, 4.69) is 22.6 Å². The minimum Gasteiger partial charge on any atom is -0.294 e. The van der Waals surface area contributed by atoms with Gasteiger partial charge in [-0.3, -0.25) is 4.79 Å². The predicted molar refractivity (Wildman–Crippen MR) is 83.4 cm³/mol. The standard InChI is InChI=1S/C15H12ClIO/c1-10-5-6-11(14(16)7-10)9-15(18)12-3-2-4-13(17)8-12/h2-8H,9H2,1H3. The predicted octanol–water partition coefficient (Wildman–Crippen LogP) is 4.68. The van der Waals surface area contributed by atoms with Crippen LogP contribution in [0, 0.1) is 10.5 Å². The lowest BCUT2D eigenvalue weighted by atomic mass is 10.0. The first-order chi connectivity index (χ1) is 8.56. The zero-order chi connectivity index (χ0) is 13.1. The van der Waals surface area contributed by atoms with Crippen LogP contribution in [0.25, 0.3) is 0 Å². The second-order valence-electron chi connectivity index (χ2n) is 4.21. The summed E-state index contributed by atoms with van der Waals surface area (Å²) in [5.74, 6) is 0.0965. The summed E-state index contributed by atoms with van der Waals surface area (Å²) < 4.78 is 1.06. The molecule has 2 aromatic carbocycles. The minimum absolute atomic E-state index is 0.0965. The average Bonchev–Trinajstić information content (AvgIpc) is 2.32. The lowest BCUT2D eigenvalue weighted by Crippen LogP contribution is -2.04. The van der Waals surface area contributed by atoms with Gasteiger partial charge in [-0.1, -0.05) is 35.9 Å². The normalized spacial score (nSPS) is 10.4. The molecule has 0 aliphatic carbocycles. The number of benzene rings is 2. The average molecular weight is 371 g/mol. The monoisotopic (exact) mass is 370 g/mol. The molecule has 0 saturated carbocycles. The number of rotatable bonds is 3. The van der Waals surface area contributed by atoms with Crippen LogP contribution in [0.2, 0.25) is 5.02 Å². The van der Waals surface area contributed by atoms with Crippen molar-refractivity contribution in [1.29, 1.82) is 0 Å². The van der Waals surface area contributed by atoms with E-state index in [1.54, 1.807) is 0 Å². The van der Waals surface area contributed by atoms with Crippen LogP contribution in [0.15, 0.2) is 42.5 Å². The first-order valence-corrected chi connectivity index (χ1v) is 7.06. The number of ketones is 1. The smallest absolute Gasteiger partial charge is 0.167 e. The van der Waals surface area contributed by atoms with E-state index in [0.717, 1.165) is 20.3 Å². The summed E-state index contributed by atoms with van der Waals surface area (Å²) in [4.78, 5) is 12.1. The van der Waals surface area contributed by atoms with Gasteiger partial charge in [0.15, 0.2) is 5.78 Å². The number of hydrogen-bond acceptors (Lipinski definition) is 1. The van der Waals surface area contributed by atoms with Crippen molar-refractivity contribution in [1.82, 2.24) is 0 Å². The highest BCUT2D eigenvalue weighted by molar-refractivity contribution is 14.1. The van der Waals surface area contributed by atoms with Crippen molar-refractivity contribution in [2.45, 2.75) is 13.3 Å².